The van der Waals surface area contributed by atoms with Gasteiger partial charge in [0.25, 0.3) is 0 Å². The third-order valence-electron chi connectivity index (χ3n) is 3.03. The van der Waals surface area contributed by atoms with Gasteiger partial charge < -0.3 is 5.32 Å². The van der Waals surface area contributed by atoms with Crippen LogP contribution in [0.3, 0.4) is 0 Å². The summed E-state index contributed by atoms with van der Waals surface area (Å²) in [7, 11) is 0. The van der Waals surface area contributed by atoms with Crippen LogP contribution in [0.2, 0.25) is 5.02 Å². The fourth-order valence-electron chi connectivity index (χ4n) is 1.92. The lowest BCUT2D eigenvalue weighted by Crippen LogP contribution is -2.26. The fraction of sp³-hybridized carbons (Fsp3) is 0.188. The van der Waals surface area contributed by atoms with Gasteiger partial charge in [0, 0.05) is 16.5 Å². The number of amides is 1. The molecule has 0 saturated carbocycles. The molecule has 1 unspecified atom stereocenters. The molecule has 2 aromatic rings. The van der Waals surface area contributed by atoms with Crippen LogP contribution in [0.1, 0.15) is 5.56 Å². The van der Waals surface area contributed by atoms with Gasteiger partial charge in [0.1, 0.15) is 0 Å². The molecule has 2 nitrogen and oxygen atoms in total. The zero-order valence-electron chi connectivity index (χ0n) is 10.9. The Labute approximate surface area is 129 Å². The number of carbonyl (C=O) groups is 1. The van der Waals surface area contributed by atoms with Crippen molar-refractivity contribution < 1.29 is 4.79 Å². The molecule has 0 fully saturated rings. The summed E-state index contributed by atoms with van der Waals surface area (Å²) in [6.45, 7) is 0. The molecule has 1 N–H and O–H groups in total. The largest absolute Gasteiger partial charge is 0.326 e. The predicted octanol–water partition coefficient (Wildman–Crippen LogP) is 4.07. The summed E-state index contributed by atoms with van der Waals surface area (Å²) < 4.78 is 0. The van der Waals surface area contributed by atoms with Crippen molar-refractivity contribution in [2.45, 2.75) is 6.42 Å². The van der Waals surface area contributed by atoms with E-state index < -0.39 is 0 Å². The highest BCUT2D eigenvalue weighted by atomic mass is 35.5. The summed E-state index contributed by atoms with van der Waals surface area (Å²) in [6, 6.07) is 17.0. The Morgan fingerprint density at radius 1 is 1.10 bits per heavy atom. The van der Waals surface area contributed by atoms with Crippen molar-refractivity contribution in [1.29, 1.82) is 0 Å². The molecule has 0 aliphatic carbocycles. The van der Waals surface area contributed by atoms with Gasteiger partial charge in [-0.15, -0.1) is 0 Å². The van der Waals surface area contributed by atoms with E-state index in [0.29, 0.717) is 17.2 Å². The average Bonchev–Trinajstić information content (AvgIpc) is 2.48. The lowest BCUT2D eigenvalue weighted by atomic mass is 10.00. The zero-order valence-corrected chi connectivity index (χ0v) is 12.6. The van der Waals surface area contributed by atoms with E-state index in [0.717, 1.165) is 11.3 Å². The minimum Gasteiger partial charge on any atom is -0.326 e. The van der Waals surface area contributed by atoms with Gasteiger partial charge in [-0.25, -0.2) is 0 Å². The van der Waals surface area contributed by atoms with Crippen LogP contribution < -0.4 is 5.32 Å². The number of hydrogen-bond donors (Lipinski definition) is 2. The maximum atomic E-state index is 12.2. The number of carbonyl (C=O) groups excluding carboxylic acids is 1. The van der Waals surface area contributed by atoms with Gasteiger partial charge >= 0.3 is 0 Å². The van der Waals surface area contributed by atoms with Crippen molar-refractivity contribution in [3.63, 3.8) is 0 Å². The summed E-state index contributed by atoms with van der Waals surface area (Å²) in [6.07, 6.45) is 0.684. The molecule has 20 heavy (non-hydrogen) atoms. The molecular formula is C16H16ClNOS. The van der Waals surface area contributed by atoms with Crippen molar-refractivity contribution in [2.24, 2.45) is 5.92 Å². The Balaban J connectivity index is 2.00. The molecule has 0 aromatic heterocycles. The number of halogens is 1. The summed E-state index contributed by atoms with van der Waals surface area (Å²) in [4.78, 5) is 12.2. The van der Waals surface area contributed by atoms with E-state index in [-0.39, 0.29) is 11.8 Å². The van der Waals surface area contributed by atoms with E-state index in [1.165, 1.54) is 0 Å². The molecule has 0 aliphatic rings. The molecule has 1 amide bonds. The Bertz CT molecular complexity index is 556. The smallest absolute Gasteiger partial charge is 0.228 e. The van der Waals surface area contributed by atoms with Crippen LogP contribution in [-0.2, 0) is 11.2 Å². The number of hydrogen-bond acceptors (Lipinski definition) is 2. The van der Waals surface area contributed by atoms with Gasteiger partial charge in [-0.1, -0.05) is 41.9 Å². The van der Waals surface area contributed by atoms with Gasteiger partial charge in [-0.3, -0.25) is 4.79 Å². The first kappa shape index (κ1) is 14.9. The van der Waals surface area contributed by atoms with E-state index in [9.17, 15) is 4.79 Å². The number of benzene rings is 2. The van der Waals surface area contributed by atoms with Crippen molar-refractivity contribution >= 4 is 35.8 Å². The van der Waals surface area contributed by atoms with Crippen LogP contribution in [0, 0.1) is 5.92 Å². The number of rotatable bonds is 5. The molecule has 0 spiro atoms. The SMILES string of the molecule is O=C(Nc1ccc(Cl)cc1)C(CS)Cc1ccccc1. The van der Waals surface area contributed by atoms with Crippen molar-refractivity contribution in [1.82, 2.24) is 0 Å². The zero-order chi connectivity index (χ0) is 14.4. The molecule has 1 atom stereocenters. The predicted molar refractivity (Wildman–Crippen MR) is 87.6 cm³/mol. The topological polar surface area (TPSA) is 29.1 Å². The van der Waals surface area contributed by atoms with Gasteiger partial charge in [-0.2, -0.15) is 12.6 Å². The van der Waals surface area contributed by atoms with Crippen LogP contribution >= 0.6 is 24.2 Å². The second kappa shape index (κ2) is 7.36. The average molecular weight is 306 g/mol. The van der Waals surface area contributed by atoms with E-state index in [1.54, 1.807) is 24.3 Å². The minimum absolute atomic E-state index is 0.0221. The van der Waals surface area contributed by atoms with Gasteiger partial charge in [0.05, 0.1) is 5.92 Å². The summed E-state index contributed by atoms with van der Waals surface area (Å²) in [5.74, 6) is 0.330. The van der Waals surface area contributed by atoms with Crippen LogP contribution in [0.15, 0.2) is 54.6 Å². The Hall–Kier alpha value is -1.45. The monoisotopic (exact) mass is 305 g/mol. The molecule has 2 rings (SSSR count). The van der Waals surface area contributed by atoms with E-state index in [2.05, 4.69) is 17.9 Å². The number of thiol groups is 1. The van der Waals surface area contributed by atoms with Crippen molar-refractivity contribution in [3.8, 4) is 0 Å². The highest BCUT2D eigenvalue weighted by Crippen LogP contribution is 2.16. The molecule has 0 radical (unpaired) electrons. The third kappa shape index (κ3) is 4.29. The standard InChI is InChI=1S/C16H16ClNOS/c17-14-6-8-15(9-7-14)18-16(19)13(11-20)10-12-4-2-1-3-5-12/h1-9,13,20H,10-11H2,(H,18,19). The first-order chi connectivity index (χ1) is 9.69. The van der Waals surface area contributed by atoms with Crippen LogP contribution in [-0.4, -0.2) is 11.7 Å². The molecule has 0 saturated heterocycles. The second-order valence-corrected chi connectivity index (χ2v) is 5.37. The van der Waals surface area contributed by atoms with Crippen LogP contribution in [0.25, 0.3) is 0 Å². The normalized spacial score (nSPS) is 11.9. The van der Waals surface area contributed by atoms with Crippen LogP contribution in [0.5, 0.6) is 0 Å². The Kier molecular flexibility index (Phi) is 5.50. The maximum absolute atomic E-state index is 12.2. The number of nitrogens with one attached hydrogen (secondary N) is 1. The molecular weight excluding hydrogens is 290 g/mol. The van der Waals surface area contributed by atoms with Crippen molar-refractivity contribution in [3.05, 3.63) is 65.2 Å². The fourth-order valence-corrected chi connectivity index (χ4v) is 2.34. The summed E-state index contributed by atoms with van der Waals surface area (Å²) >= 11 is 10.1. The molecule has 0 aliphatic heterocycles. The molecule has 104 valence electrons. The van der Waals surface area contributed by atoms with Crippen LogP contribution in [0.4, 0.5) is 5.69 Å². The Morgan fingerprint density at radius 2 is 1.75 bits per heavy atom. The van der Waals surface area contributed by atoms with E-state index >= 15 is 0 Å². The first-order valence-corrected chi connectivity index (χ1v) is 7.41. The Morgan fingerprint density at radius 3 is 2.35 bits per heavy atom. The molecule has 0 bridgehead atoms. The first-order valence-electron chi connectivity index (χ1n) is 6.40. The lowest BCUT2D eigenvalue weighted by molar-refractivity contribution is -0.119. The molecule has 0 heterocycles. The second-order valence-electron chi connectivity index (χ2n) is 4.57. The minimum atomic E-state index is -0.156. The number of anilines is 1. The quantitative estimate of drug-likeness (QED) is 0.801. The lowest BCUT2D eigenvalue weighted by Gasteiger charge is -2.14. The maximum Gasteiger partial charge on any atom is 0.228 e. The summed E-state index contributed by atoms with van der Waals surface area (Å²) in [5.41, 5.74) is 1.89. The highest BCUT2D eigenvalue weighted by molar-refractivity contribution is 7.80. The van der Waals surface area contributed by atoms with E-state index in [4.69, 9.17) is 11.6 Å². The van der Waals surface area contributed by atoms with E-state index in [1.807, 2.05) is 30.3 Å². The molecule has 2 aromatic carbocycles. The van der Waals surface area contributed by atoms with Gasteiger partial charge in [-0.05, 0) is 36.2 Å². The summed E-state index contributed by atoms with van der Waals surface area (Å²) in [5, 5.41) is 3.54. The van der Waals surface area contributed by atoms with Crippen molar-refractivity contribution in [2.75, 3.05) is 11.1 Å². The van der Waals surface area contributed by atoms with Gasteiger partial charge in [0.15, 0.2) is 0 Å². The third-order valence-corrected chi connectivity index (χ3v) is 3.72. The molecule has 4 heteroatoms. The highest BCUT2D eigenvalue weighted by Gasteiger charge is 2.17. The van der Waals surface area contributed by atoms with Gasteiger partial charge in [0.2, 0.25) is 5.91 Å².